The van der Waals surface area contributed by atoms with Gasteiger partial charge in [-0.05, 0) is 44.2 Å². The number of unbranched alkanes of at least 4 members (excludes halogenated alkanes) is 1. The second-order valence-electron chi connectivity index (χ2n) is 7.11. The Morgan fingerprint density at radius 2 is 1.67 bits per heavy atom. The third-order valence-electron chi connectivity index (χ3n) is 5.33. The fourth-order valence-corrected chi connectivity index (χ4v) is 3.75. The number of amides is 1. The van der Waals surface area contributed by atoms with Crippen molar-refractivity contribution in [3.8, 4) is 0 Å². The molecule has 27 heavy (non-hydrogen) atoms. The van der Waals surface area contributed by atoms with E-state index in [1.54, 1.807) is 18.0 Å². The zero-order valence-corrected chi connectivity index (χ0v) is 17.6. The molecule has 0 saturated carbocycles. The van der Waals surface area contributed by atoms with Crippen LogP contribution in [0.4, 0.5) is 5.69 Å². The summed E-state index contributed by atoms with van der Waals surface area (Å²) >= 11 is 0. The first kappa shape index (κ1) is 20.9. The van der Waals surface area contributed by atoms with Gasteiger partial charge in [0.1, 0.15) is 5.56 Å². The highest BCUT2D eigenvalue weighted by Gasteiger charge is 2.24. The van der Waals surface area contributed by atoms with Crippen LogP contribution in [0.25, 0.3) is 0 Å². The van der Waals surface area contributed by atoms with Crippen LogP contribution in [-0.4, -0.2) is 17.5 Å². The molecule has 0 aliphatic rings. The normalized spacial score (nSPS) is 10.9. The molecule has 2 rings (SSSR count). The molecule has 0 saturated heterocycles. The van der Waals surface area contributed by atoms with Crippen LogP contribution in [-0.2, 0) is 19.4 Å². The van der Waals surface area contributed by atoms with Crippen LogP contribution in [0.2, 0.25) is 0 Å². The van der Waals surface area contributed by atoms with E-state index in [1.807, 2.05) is 19.9 Å². The van der Waals surface area contributed by atoms with Gasteiger partial charge in [0.05, 0.1) is 0 Å². The molecular formula is C23H32N2O2. The van der Waals surface area contributed by atoms with Gasteiger partial charge in [-0.25, -0.2) is 0 Å². The fraction of sp³-hybridized carbons (Fsp3) is 0.478. The van der Waals surface area contributed by atoms with E-state index in [-0.39, 0.29) is 16.9 Å². The molecular weight excluding hydrogens is 336 g/mol. The van der Waals surface area contributed by atoms with Crippen molar-refractivity contribution in [3.05, 3.63) is 62.6 Å². The predicted molar refractivity (Wildman–Crippen MR) is 113 cm³/mol. The molecule has 0 radical (unpaired) electrons. The van der Waals surface area contributed by atoms with E-state index in [4.69, 9.17) is 0 Å². The maximum Gasteiger partial charge on any atom is 0.263 e. The number of rotatable bonds is 7. The van der Waals surface area contributed by atoms with Crippen LogP contribution in [0.15, 0.2) is 29.1 Å². The Labute approximate surface area is 162 Å². The van der Waals surface area contributed by atoms with Gasteiger partial charge in [-0.1, -0.05) is 45.4 Å². The second kappa shape index (κ2) is 9.03. The molecule has 4 heteroatoms. The Morgan fingerprint density at radius 3 is 2.19 bits per heavy atom. The smallest absolute Gasteiger partial charge is 0.263 e. The van der Waals surface area contributed by atoms with E-state index in [9.17, 15) is 9.59 Å². The maximum atomic E-state index is 13.4. The first-order valence-corrected chi connectivity index (χ1v) is 9.97. The predicted octanol–water partition coefficient (Wildman–Crippen LogP) is 4.67. The van der Waals surface area contributed by atoms with Gasteiger partial charge in [0.2, 0.25) is 0 Å². The van der Waals surface area contributed by atoms with E-state index < -0.39 is 0 Å². The number of pyridine rings is 1. The summed E-state index contributed by atoms with van der Waals surface area (Å²) in [6.45, 7) is 11.0. The van der Waals surface area contributed by atoms with Crippen LogP contribution in [0.1, 0.15) is 66.5 Å². The minimum Gasteiger partial charge on any atom is -0.348 e. The van der Waals surface area contributed by atoms with Crippen molar-refractivity contribution in [1.82, 2.24) is 4.57 Å². The summed E-state index contributed by atoms with van der Waals surface area (Å²) in [7, 11) is 1.78. The second-order valence-corrected chi connectivity index (χ2v) is 7.11. The van der Waals surface area contributed by atoms with Crippen molar-refractivity contribution < 1.29 is 4.79 Å². The number of nitrogens with zero attached hydrogens (tertiary/aromatic N) is 2. The number of hydrogen-bond donors (Lipinski definition) is 0. The van der Waals surface area contributed by atoms with Crippen molar-refractivity contribution in [2.75, 3.05) is 11.9 Å². The lowest BCUT2D eigenvalue weighted by Crippen LogP contribution is -2.34. The van der Waals surface area contributed by atoms with Gasteiger partial charge >= 0.3 is 0 Å². The summed E-state index contributed by atoms with van der Waals surface area (Å²) in [6.07, 6.45) is 3.77. The molecule has 2 aromatic rings. The molecule has 0 N–H and O–H groups in total. The molecule has 1 amide bonds. The number of hydrogen-bond acceptors (Lipinski definition) is 2. The molecule has 0 unspecified atom stereocenters. The van der Waals surface area contributed by atoms with Gasteiger partial charge in [0.15, 0.2) is 5.43 Å². The summed E-state index contributed by atoms with van der Waals surface area (Å²) in [5.41, 5.74) is 4.95. The van der Waals surface area contributed by atoms with Gasteiger partial charge in [-0.3, -0.25) is 9.59 Å². The quantitative estimate of drug-likeness (QED) is 0.713. The number of carbonyl (C=O) groups is 1. The molecule has 0 bridgehead atoms. The molecule has 1 aromatic carbocycles. The fourth-order valence-electron chi connectivity index (χ4n) is 3.75. The van der Waals surface area contributed by atoms with Crippen LogP contribution in [0.5, 0.6) is 0 Å². The molecule has 4 nitrogen and oxygen atoms in total. The lowest BCUT2D eigenvalue weighted by molar-refractivity contribution is 0.0990. The molecule has 0 aliphatic heterocycles. The van der Waals surface area contributed by atoms with Gasteiger partial charge in [0.25, 0.3) is 5.91 Å². The lowest BCUT2D eigenvalue weighted by Gasteiger charge is -2.25. The third-order valence-corrected chi connectivity index (χ3v) is 5.33. The standard InChI is InChI=1S/C23H32N2O2/c1-7-10-14-25-16(4)15-20(26)21(17(25)5)23(27)24(6)22-18(8-2)12-11-13-19(22)9-3/h11-13,15H,7-10,14H2,1-6H3. The highest BCUT2D eigenvalue weighted by atomic mass is 16.2. The van der Waals surface area contributed by atoms with Gasteiger partial charge in [0, 0.05) is 36.7 Å². The summed E-state index contributed by atoms with van der Waals surface area (Å²) in [5.74, 6) is -0.224. The Morgan fingerprint density at radius 1 is 1.07 bits per heavy atom. The Bertz CT molecular complexity index is 858. The van der Waals surface area contributed by atoms with Crippen LogP contribution >= 0.6 is 0 Å². The molecule has 0 aliphatic carbocycles. The third kappa shape index (κ3) is 4.15. The van der Waals surface area contributed by atoms with E-state index in [0.29, 0.717) is 0 Å². The number of aryl methyl sites for hydroxylation is 3. The number of anilines is 1. The van der Waals surface area contributed by atoms with Crippen molar-refractivity contribution in [3.63, 3.8) is 0 Å². The molecule has 0 fully saturated rings. The molecule has 1 heterocycles. The molecule has 1 aromatic heterocycles. The molecule has 146 valence electrons. The van der Waals surface area contributed by atoms with Crippen LogP contribution < -0.4 is 10.3 Å². The summed E-state index contributed by atoms with van der Waals surface area (Å²) in [6, 6.07) is 7.74. The maximum absolute atomic E-state index is 13.4. The van der Waals surface area contributed by atoms with Crippen molar-refractivity contribution in [1.29, 1.82) is 0 Å². The highest BCUT2D eigenvalue weighted by Crippen LogP contribution is 2.27. The number of carbonyl (C=O) groups excluding carboxylic acids is 1. The first-order chi connectivity index (χ1) is 12.9. The van der Waals surface area contributed by atoms with E-state index in [2.05, 4.69) is 37.5 Å². The van der Waals surface area contributed by atoms with E-state index in [1.165, 1.54) is 0 Å². The van der Waals surface area contributed by atoms with Crippen molar-refractivity contribution in [2.45, 2.75) is 66.8 Å². The van der Waals surface area contributed by atoms with Crippen molar-refractivity contribution in [2.24, 2.45) is 0 Å². The number of benzene rings is 1. The number of aromatic nitrogens is 1. The number of para-hydroxylation sites is 1. The Hall–Kier alpha value is -2.36. The summed E-state index contributed by atoms with van der Waals surface area (Å²) in [4.78, 5) is 27.8. The van der Waals surface area contributed by atoms with E-state index >= 15 is 0 Å². The molecule has 0 spiro atoms. The monoisotopic (exact) mass is 368 g/mol. The largest absolute Gasteiger partial charge is 0.348 e. The first-order valence-electron chi connectivity index (χ1n) is 9.97. The van der Waals surface area contributed by atoms with Gasteiger partial charge in [-0.15, -0.1) is 0 Å². The minimum atomic E-state index is -0.224. The average molecular weight is 369 g/mol. The SMILES string of the molecule is CCCCn1c(C)cc(=O)c(C(=O)N(C)c2c(CC)cccc2CC)c1C. The Balaban J connectivity index is 2.57. The van der Waals surface area contributed by atoms with Gasteiger partial charge in [-0.2, -0.15) is 0 Å². The van der Waals surface area contributed by atoms with E-state index in [0.717, 1.165) is 60.4 Å². The van der Waals surface area contributed by atoms with Crippen LogP contribution in [0, 0.1) is 13.8 Å². The van der Waals surface area contributed by atoms with Crippen LogP contribution in [0.3, 0.4) is 0 Å². The topological polar surface area (TPSA) is 42.3 Å². The summed E-state index contributed by atoms with van der Waals surface area (Å²) < 4.78 is 2.10. The highest BCUT2D eigenvalue weighted by molar-refractivity contribution is 6.07. The average Bonchev–Trinajstić information content (AvgIpc) is 2.66. The zero-order valence-electron chi connectivity index (χ0n) is 17.6. The lowest BCUT2D eigenvalue weighted by atomic mass is 10.0. The molecule has 0 atom stereocenters. The van der Waals surface area contributed by atoms with Crippen molar-refractivity contribution >= 4 is 11.6 Å². The Kier molecular flexibility index (Phi) is 7.00. The zero-order chi connectivity index (χ0) is 20.1. The van der Waals surface area contributed by atoms with Gasteiger partial charge < -0.3 is 9.47 Å². The summed E-state index contributed by atoms with van der Waals surface area (Å²) in [5, 5.41) is 0. The minimum absolute atomic E-state index is 0.193.